The predicted octanol–water partition coefficient (Wildman–Crippen LogP) is 6.03. The molecule has 35 heavy (non-hydrogen) atoms. The Morgan fingerprint density at radius 1 is 0.829 bits per heavy atom. The van der Waals surface area contributed by atoms with Gasteiger partial charge in [-0.05, 0) is 66.2 Å². The molecule has 4 aromatic carbocycles. The van der Waals surface area contributed by atoms with Crippen molar-refractivity contribution in [3.05, 3.63) is 125 Å². The molecule has 0 saturated heterocycles. The molecule has 0 bridgehead atoms. The molecule has 4 rings (SSSR count). The first-order chi connectivity index (χ1) is 17.0. The molecule has 0 radical (unpaired) electrons. The zero-order valence-corrected chi connectivity index (χ0v) is 19.3. The predicted molar refractivity (Wildman–Crippen MR) is 134 cm³/mol. The maximum absolute atomic E-state index is 13.1. The van der Waals surface area contributed by atoms with E-state index in [9.17, 15) is 19.2 Å². The van der Waals surface area contributed by atoms with Crippen molar-refractivity contribution < 1.29 is 14.0 Å². The Morgan fingerprint density at radius 3 is 2.31 bits per heavy atom. The third-order valence-corrected chi connectivity index (χ3v) is 6.26. The van der Waals surface area contributed by atoms with Gasteiger partial charge in [-0.25, -0.2) is 4.39 Å². The van der Waals surface area contributed by atoms with Crippen LogP contribution in [0.25, 0.3) is 0 Å². The van der Waals surface area contributed by atoms with Gasteiger partial charge < -0.3 is 10.6 Å². The second-order valence-electron chi connectivity index (χ2n) is 7.55. The van der Waals surface area contributed by atoms with E-state index < -0.39 is 5.82 Å². The highest BCUT2D eigenvalue weighted by atomic mass is 32.2. The average molecular weight is 482 g/mol. The summed E-state index contributed by atoms with van der Waals surface area (Å²) in [6.45, 7) is 0.257. The molecule has 2 amide bonds. The number of rotatable bonds is 7. The van der Waals surface area contributed by atoms with Gasteiger partial charge in [0, 0.05) is 27.6 Å². The van der Waals surface area contributed by atoms with Crippen molar-refractivity contribution in [2.45, 2.75) is 16.3 Å². The molecule has 172 valence electrons. The van der Waals surface area contributed by atoms with Crippen molar-refractivity contribution >= 4 is 29.3 Å². The Bertz CT molecular complexity index is 1410. The lowest BCUT2D eigenvalue weighted by molar-refractivity contribution is 0.0947. The van der Waals surface area contributed by atoms with Gasteiger partial charge in [0.05, 0.1) is 11.1 Å². The number of anilines is 1. The van der Waals surface area contributed by atoms with Crippen molar-refractivity contribution in [3.63, 3.8) is 0 Å². The number of halogens is 1. The first kappa shape index (κ1) is 23.7. The SMILES string of the molecule is N#Cc1ccccc1Sc1ccccc1C(=O)NCc1cccc(NC(=O)c2ccc(F)cc2)c1. The summed E-state index contributed by atoms with van der Waals surface area (Å²) in [5.74, 6) is -1.01. The van der Waals surface area contributed by atoms with Crippen molar-refractivity contribution in [1.82, 2.24) is 5.32 Å². The van der Waals surface area contributed by atoms with Gasteiger partial charge in [0.2, 0.25) is 0 Å². The van der Waals surface area contributed by atoms with Gasteiger partial charge in [-0.1, -0.05) is 48.2 Å². The molecule has 0 aliphatic rings. The molecule has 0 aliphatic carbocycles. The molecule has 0 aromatic heterocycles. The molecule has 2 N–H and O–H groups in total. The van der Waals surface area contributed by atoms with Gasteiger partial charge in [0.1, 0.15) is 11.9 Å². The highest BCUT2D eigenvalue weighted by Crippen LogP contribution is 2.32. The molecule has 0 atom stereocenters. The topological polar surface area (TPSA) is 82.0 Å². The number of amides is 2. The van der Waals surface area contributed by atoms with E-state index in [0.717, 1.165) is 15.4 Å². The minimum atomic E-state index is -0.409. The maximum Gasteiger partial charge on any atom is 0.255 e. The Balaban J connectivity index is 1.43. The standard InChI is InChI=1S/C28H20FN3O2S/c29-22-14-12-20(13-15-22)27(33)32-23-8-5-6-19(16-23)18-31-28(34)24-9-2-4-11-26(24)35-25-10-3-1-7-21(25)17-30/h1-16H,18H2,(H,31,34)(H,32,33). The van der Waals surface area contributed by atoms with Crippen LogP contribution in [0.4, 0.5) is 10.1 Å². The number of nitrogens with one attached hydrogen (secondary N) is 2. The number of benzene rings is 4. The molecule has 7 heteroatoms. The van der Waals surface area contributed by atoms with Gasteiger partial charge in [-0.2, -0.15) is 5.26 Å². The van der Waals surface area contributed by atoms with E-state index in [1.54, 1.807) is 42.5 Å². The molecule has 0 saturated carbocycles. The van der Waals surface area contributed by atoms with Crippen LogP contribution >= 0.6 is 11.8 Å². The summed E-state index contributed by atoms with van der Waals surface area (Å²) in [6, 6.07) is 29.1. The Kier molecular flexibility index (Phi) is 7.56. The van der Waals surface area contributed by atoms with Crippen molar-refractivity contribution in [2.75, 3.05) is 5.32 Å². The molecular weight excluding hydrogens is 461 g/mol. The third kappa shape index (κ3) is 6.14. The van der Waals surface area contributed by atoms with Gasteiger partial charge in [-0.3, -0.25) is 9.59 Å². The minimum absolute atomic E-state index is 0.247. The summed E-state index contributed by atoms with van der Waals surface area (Å²) >= 11 is 1.37. The Morgan fingerprint density at radius 2 is 1.54 bits per heavy atom. The molecule has 0 aliphatic heterocycles. The lowest BCUT2D eigenvalue weighted by Gasteiger charge is -2.12. The quantitative estimate of drug-likeness (QED) is 0.338. The normalized spacial score (nSPS) is 10.3. The van der Waals surface area contributed by atoms with Crippen LogP contribution in [0.3, 0.4) is 0 Å². The van der Waals surface area contributed by atoms with Crippen LogP contribution in [-0.4, -0.2) is 11.8 Å². The fourth-order valence-corrected chi connectivity index (χ4v) is 4.38. The number of hydrogen-bond donors (Lipinski definition) is 2. The number of nitriles is 1. The van der Waals surface area contributed by atoms with E-state index in [0.29, 0.717) is 22.4 Å². The van der Waals surface area contributed by atoms with E-state index in [-0.39, 0.29) is 18.4 Å². The van der Waals surface area contributed by atoms with Crippen LogP contribution in [0.15, 0.2) is 107 Å². The van der Waals surface area contributed by atoms with Gasteiger partial charge >= 0.3 is 0 Å². The fraction of sp³-hybridized carbons (Fsp3) is 0.0357. The second-order valence-corrected chi connectivity index (χ2v) is 8.63. The van der Waals surface area contributed by atoms with E-state index in [4.69, 9.17) is 0 Å². The summed E-state index contributed by atoms with van der Waals surface area (Å²) in [4.78, 5) is 26.9. The number of carbonyl (C=O) groups excluding carboxylic acids is 2. The third-order valence-electron chi connectivity index (χ3n) is 5.10. The molecule has 5 nitrogen and oxygen atoms in total. The van der Waals surface area contributed by atoms with Gasteiger partial charge in [-0.15, -0.1) is 0 Å². The molecule has 0 fully saturated rings. The Hall–Kier alpha value is -4.41. The van der Waals surface area contributed by atoms with Gasteiger partial charge in [0.25, 0.3) is 11.8 Å². The molecule has 4 aromatic rings. The van der Waals surface area contributed by atoms with Crippen molar-refractivity contribution in [2.24, 2.45) is 0 Å². The number of nitrogens with zero attached hydrogens (tertiary/aromatic N) is 1. The summed E-state index contributed by atoms with van der Waals surface area (Å²) in [5, 5.41) is 15.1. The summed E-state index contributed by atoms with van der Waals surface area (Å²) < 4.78 is 13.1. The largest absolute Gasteiger partial charge is 0.348 e. The van der Waals surface area contributed by atoms with Crippen molar-refractivity contribution in [1.29, 1.82) is 5.26 Å². The van der Waals surface area contributed by atoms with Crippen molar-refractivity contribution in [3.8, 4) is 6.07 Å². The zero-order valence-electron chi connectivity index (χ0n) is 18.5. The van der Waals surface area contributed by atoms with Crippen LogP contribution in [0, 0.1) is 17.1 Å². The smallest absolute Gasteiger partial charge is 0.255 e. The van der Waals surface area contributed by atoms with Crippen LogP contribution in [0.2, 0.25) is 0 Å². The maximum atomic E-state index is 13.1. The van der Waals surface area contributed by atoms with Crippen LogP contribution in [0.5, 0.6) is 0 Å². The van der Waals surface area contributed by atoms with Gasteiger partial charge in [0.15, 0.2) is 0 Å². The fourth-order valence-electron chi connectivity index (χ4n) is 3.35. The zero-order chi connectivity index (χ0) is 24.6. The highest BCUT2D eigenvalue weighted by molar-refractivity contribution is 7.99. The monoisotopic (exact) mass is 481 g/mol. The van der Waals surface area contributed by atoms with E-state index in [1.807, 2.05) is 30.3 Å². The van der Waals surface area contributed by atoms with Crippen LogP contribution in [-0.2, 0) is 6.54 Å². The molecular formula is C28H20FN3O2S. The Labute approximate surface area is 206 Å². The van der Waals surface area contributed by atoms with Crippen LogP contribution in [0.1, 0.15) is 31.8 Å². The molecule has 0 heterocycles. The summed E-state index contributed by atoms with van der Waals surface area (Å²) in [6.07, 6.45) is 0. The number of carbonyl (C=O) groups is 2. The second kappa shape index (κ2) is 11.1. The molecule has 0 unspecified atom stereocenters. The lowest BCUT2D eigenvalue weighted by atomic mass is 10.1. The average Bonchev–Trinajstić information content (AvgIpc) is 2.88. The first-order valence-corrected chi connectivity index (χ1v) is 11.6. The lowest BCUT2D eigenvalue weighted by Crippen LogP contribution is -2.23. The summed E-state index contributed by atoms with van der Waals surface area (Å²) in [7, 11) is 0. The van der Waals surface area contributed by atoms with E-state index >= 15 is 0 Å². The summed E-state index contributed by atoms with van der Waals surface area (Å²) in [5.41, 5.74) is 2.76. The van der Waals surface area contributed by atoms with E-state index in [2.05, 4.69) is 16.7 Å². The minimum Gasteiger partial charge on any atom is -0.348 e. The number of hydrogen-bond acceptors (Lipinski definition) is 4. The molecule has 0 spiro atoms. The van der Waals surface area contributed by atoms with Crippen LogP contribution < -0.4 is 10.6 Å². The van der Waals surface area contributed by atoms with E-state index in [1.165, 1.54) is 36.0 Å². The highest BCUT2D eigenvalue weighted by Gasteiger charge is 2.14. The first-order valence-electron chi connectivity index (χ1n) is 10.7.